The number of hydrogen-bond donors (Lipinski definition) is 2. The number of amides is 1. The number of rotatable bonds is 10. The molecule has 3 N–H and O–H groups in total. The standard InChI is InChI=1S/C36H44F3N5O5S.C2HF3O2/c37-36(38,39)49-31-12-15-33(41-22-31)28-8-6-26(7-9-28)23-42-20-21-44(34(24-42)35(45)43-18-16-29(40)17-19-43)50(46,47)32-13-10-30(11-14-32)48-25-27-4-2-1-3-5-27;3-2(4,5)1(6)7/h6-15,22,27,29,34H,1-5,16-21,23-25,40H2;(H,6,7)/t34-;/m0./s1. The molecular weight excluding hydrogens is 785 g/mol. The van der Waals surface area contributed by atoms with E-state index in [1.165, 1.54) is 35.7 Å². The number of hydrogen-bond acceptors (Lipinski definition) is 9. The van der Waals surface area contributed by atoms with Gasteiger partial charge in [0.25, 0.3) is 0 Å². The summed E-state index contributed by atoms with van der Waals surface area (Å²) >= 11 is 0. The molecule has 57 heavy (non-hydrogen) atoms. The number of carboxylic acids is 1. The minimum atomic E-state index is -5.08. The number of likely N-dealkylation sites (tertiary alicyclic amines) is 1. The fourth-order valence-electron chi connectivity index (χ4n) is 6.98. The third kappa shape index (κ3) is 12.5. The minimum Gasteiger partial charge on any atom is -0.493 e. The number of benzene rings is 2. The zero-order chi connectivity index (χ0) is 41.4. The lowest BCUT2D eigenvalue weighted by Crippen LogP contribution is -2.61. The predicted molar refractivity (Wildman–Crippen MR) is 195 cm³/mol. The number of nitrogens with two attached hydrogens (primary N) is 1. The highest BCUT2D eigenvalue weighted by Gasteiger charge is 2.42. The van der Waals surface area contributed by atoms with Gasteiger partial charge in [-0.15, -0.1) is 13.2 Å². The van der Waals surface area contributed by atoms with Crippen molar-refractivity contribution in [2.75, 3.05) is 39.3 Å². The van der Waals surface area contributed by atoms with Crippen molar-refractivity contribution in [2.24, 2.45) is 11.7 Å². The molecule has 3 aromatic rings. The van der Waals surface area contributed by atoms with Crippen LogP contribution in [0.1, 0.15) is 50.5 Å². The van der Waals surface area contributed by atoms with Gasteiger partial charge in [0.2, 0.25) is 15.9 Å². The number of carbonyl (C=O) groups is 2. The van der Waals surface area contributed by atoms with E-state index in [9.17, 15) is 39.6 Å². The Morgan fingerprint density at radius 3 is 2.00 bits per heavy atom. The van der Waals surface area contributed by atoms with Crippen LogP contribution in [0.3, 0.4) is 0 Å². The third-order valence-electron chi connectivity index (χ3n) is 10.1. The molecule has 2 aliphatic heterocycles. The second-order valence-corrected chi connectivity index (χ2v) is 16.1. The van der Waals surface area contributed by atoms with Crippen LogP contribution in [0.4, 0.5) is 26.3 Å². The fraction of sp³-hybridized carbons (Fsp3) is 0.500. The number of nitrogens with zero attached hydrogens (tertiary/aromatic N) is 4. The summed E-state index contributed by atoms with van der Waals surface area (Å²) in [5.41, 5.74) is 8.23. The molecule has 1 saturated carbocycles. The molecule has 1 aromatic heterocycles. The second-order valence-electron chi connectivity index (χ2n) is 14.2. The van der Waals surface area contributed by atoms with Crippen LogP contribution in [0, 0.1) is 5.92 Å². The molecule has 2 saturated heterocycles. The average Bonchev–Trinajstić information content (AvgIpc) is 3.17. The summed E-state index contributed by atoms with van der Waals surface area (Å²) in [6.07, 6.45) is -1.51. The summed E-state index contributed by atoms with van der Waals surface area (Å²) < 4.78 is 109. The molecular formula is C38H45F6N5O7S. The van der Waals surface area contributed by atoms with Gasteiger partial charge in [-0.05, 0) is 73.6 Å². The smallest absolute Gasteiger partial charge is 0.493 e. The molecule has 2 aromatic carbocycles. The van der Waals surface area contributed by atoms with Crippen LogP contribution in [-0.2, 0) is 26.2 Å². The summed E-state index contributed by atoms with van der Waals surface area (Å²) in [7, 11) is -4.00. The molecule has 19 heteroatoms. The number of piperidine rings is 1. The first kappa shape index (κ1) is 43.7. The number of alkyl halides is 6. The van der Waals surface area contributed by atoms with Crippen molar-refractivity contribution in [3.8, 4) is 22.8 Å². The van der Waals surface area contributed by atoms with Gasteiger partial charge in [0, 0.05) is 50.9 Å². The molecule has 0 spiro atoms. The molecule has 12 nitrogen and oxygen atoms in total. The van der Waals surface area contributed by atoms with Crippen molar-refractivity contribution < 1.29 is 58.9 Å². The van der Waals surface area contributed by atoms with Crippen molar-refractivity contribution in [1.82, 2.24) is 19.1 Å². The maximum Gasteiger partial charge on any atom is 0.573 e. The highest BCUT2D eigenvalue weighted by Crippen LogP contribution is 2.29. The third-order valence-corrected chi connectivity index (χ3v) is 12.0. The normalized spacial score (nSPS) is 19.4. The fourth-order valence-corrected chi connectivity index (χ4v) is 8.55. The van der Waals surface area contributed by atoms with Crippen molar-refractivity contribution in [3.05, 3.63) is 72.4 Å². The summed E-state index contributed by atoms with van der Waals surface area (Å²) in [5, 5.41) is 7.12. The topological polar surface area (TPSA) is 156 Å². The lowest BCUT2D eigenvalue weighted by molar-refractivity contribution is -0.274. The van der Waals surface area contributed by atoms with Crippen LogP contribution in [-0.4, -0.2) is 108 Å². The van der Waals surface area contributed by atoms with E-state index < -0.39 is 40.3 Å². The van der Waals surface area contributed by atoms with Gasteiger partial charge < -0.3 is 25.2 Å². The Labute approximate surface area is 326 Å². The van der Waals surface area contributed by atoms with Gasteiger partial charge in [0.1, 0.15) is 17.5 Å². The summed E-state index contributed by atoms with van der Waals surface area (Å²) in [6.45, 7) is 2.83. The first-order chi connectivity index (χ1) is 26.9. The number of aliphatic carboxylic acids is 1. The van der Waals surface area contributed by atoms with Crippen LogP contribution < -0.4 is 15.2 Å². The number of aromatic nitrogens is 1. The molecule has 6 rings (SSSR count). The molecule has 0 unspecified atom stereocenters. The Morgan fingerprint density at radius 2 is 1.44 bits per heavy atom. The Kier molecular flexibility index (Phi) is 14.4. The highest BCUT2D eigenvalue weighted by molar-refractivity contribution is 7.89. The minimum absolute atomic E-state index is 0.0184. The van der Waals surface area contributed by atoms with E-state index in [0.717, 1.165) is 24.6 Å². The molecule has 312 valence electrons. The number of carboxylic acid groups (broad SMARTS) is 1. The van der Waals surface area contributed by atoms with Crippen LogP contribution in [0.2, 0.25) is 0 Å². The number of piperazine rings is 1. The largest absolute Gasteiger partial charge is 0.573 e. The Bertz CT molecular complexity index is 1890. The highest BCUT2D eigenvalue weighted by atomic mass is 32.2. The van der Waals surface area contributed by atoms with Gasteiger partial charge in [-0.1, -0.05) is 43.5 Å². The van der Waals surface area contributed by atoms with E-state index in [2.05, 4.69) is 14.6 Å². The van der Waals surface area contributed by atoms with E-state index in [1.807, 2.05) is 24.3 Å². The van der Waals surface area contributed by atoms with Crippen LogP contribution in [0.15, 0.2) is 71.8 Å². The number of pyridine rings is 1. The van der Waals surface area contributed by atoms with Crippen molar-refractivity contribution >= 4 is 21.9 Å². The summed E-state index contributed by atoms with van der Waals surface area (Å²) in [5.74, 6) is -2.22. The van der Waals surface area contributed by atoms with Crippen LogP contribution in [0.25, 0.3) is 11.3 Å². The maximum atomic E-state index is 14.1. The molecule has 1 aliphatic carbocycles. The van der Waals surface area contributed by atoms with E-state index in [-0.39, 0.29) is 29.9 Å². The van der Waals surface area contributed by atoms with E-state index in [0.29, 0.717) is 68.6 Å². The summed E-state index contributed by atoms with van der Waals surface area (Å²) in [4.78, 5) is 30.9. The molecule has 3 fully saturated rings. The van der Waals surface area contributed by atoms with Gasteiger partial charge in [0.05, 0.1) is 23.4 Å². The number of ether oxygens (including phenoxy) is 2. The van der Waals surface area contributed by atoms with E-state index in [1.54, 1.807) is 29.2 Å². The van der Waals surface area contributed by atoms with Crippen LogP contribution >= 0.6 is 0 Å². The zero-order valence-electron chi connectivity index (χ0n) is 30.9. The molecule has 0 bridgehead atoms. The molecule has 0 radical (unpaired) electrons. The van der Waals surface area contributed by atoms with Crippen molar-refractivity contribution in [3.63, 3.8) is 0 Å². The van der Waals surface area contributed by atoms with E-state index in [4.69, 9.17) is 20.4 Å². The number of sulfonamides is 1. The van der Waals surface area contributed by atoms with Crippen LogP contribution in [0.5, 0.6) is 11.5 Å². The Hall–Kier alpha value is -4.46. The molecule has 3 aliphatic rings. The first-order valence-electron chi connectivity index (χ1n) is 18.5. The average molecular weight is 830 g/mol. The monoisotopic (exact) mass is 829 g/mol. The van der Waals surface area contributed by atoms with Gasteiger partial charge in [-0.2, -0.15) is 17.5 Å². The lowest BCUT2D eigenvalue weighted by Gasteiger charge is -2.42. The first-order valence-corrected chi connectivity index (χ1v) is 20.0. The van der Waals surface area contributed by atoms with Gasteiger partial charge in [-0.3, -0.25) is 14.7 Å². The number of carbonyl (C=O) groups excluding carboxylic acids is 1. The zero-order valence-corrected chi connectivity index (χ0v) is 31.7. The second kappa shape index (κ2) is 18.9. The quantitative estimate of drug-likeness (QED) is 0.230. The Morgan fingerprint density at radius 1 is 0.825 bits per heavy atom. The lowest BCUT2D eigenvalue weighted by atomic mass is 9.90. The predicted octanol–water partition coefficient (Wildman–Crippen LogP) is 6.06. The molecule has 3 heterocycles. The van der Waals surface area contributed by atoms with E-state index >= 15 is 0 Å². The number of halogens is 6. The van der Waals surface area contributed by atoms with Gasteiger partial charge >= 0.3 is 18.5 Å². The molecule has 1 amide bonds. The molecule has 1 atom stereocenters. The SMILES string of the molecule is NC1CCN(C(=O)[C@@H]2CN(Cc3ccc(-c4ccc(OC(F)(F)F)cn4)cc3)CCN2S(=O)(=O)c2ccc(OCC3CCCCC3)cc2)CC1.O=C(O)C(F)(F)F. The van der Waals surface area contributed by atoms with Gasteiger partial charge in [-0.25, -0.2) is 13.2 Å². The summed E-state index contributed by atoms with van der Waals surface area (Å²) in [6, 6.07) is 15.7. The Balaban J connectivity index is 0.000000811. The van der Waals surface area contributed by atoms with Crippen molar-refractivity contribution in [2.45, 2.75) is 81.0 Å². The van der Waals surface area contributed by atoms with Crippen molar-refractivity contribution in [1.29, 1.82) is 0 Å². The maximum absolute atomic E-state index is 14.1. The van der Waals surface area contributed by atoms with Gasteiger partial charge in [0.15, 0.2) is 0 Å².